The van der Waals surface area contributed by atoms with Gasteiger partial charge < -0.3 is 10.2 Å². The van der Waals surface area contributed by atoms with E-state index in [1.165, 1.54) is 11.8 Å². The highest BCUT2D eigenvalue weighted by molar-refractivity contribution is 5.59. The molecule has 2 N–H and O–H groups in total. The third-order valence-corrected chi connectivity index (χ3v) is 5.89. The van der Waals surface area contributed by atoms with Gasteiger partial charge in [0.1, 0.15) is 6.07 Å². The minimum Gasteiger partial charge on any atom is -0.472 e. The molecule has 6 nitrogen and oxygen atoms in total. The molecule has 2 atom stereocenters. The second kappa shape index (κ2) is 7.32. The Kier molecular flexibility index (Phi) is 4.69. The molecule has 1 aliphatic carbocycles. The molecule has 0 spiro atoms. The topological polar surface area (TPSA) is 114 Å². The van der Waals surface area contributed by atoms with E-state index in [1.54, 1.807) is 12.3 Å². The van der Waals surface area contributed by atoms with Crippen LogP contribution in [0, 0.1) is 45.3 Å². The second-order valence-corrected chi connectivity index (χ2v) is 7.41. The van der Waals surface area contributed by atoms with Gasteiger partial charge in [0.05, 0.1) is 35.9 Å². The van der Waals surface area contributed by atoms with Gasteiger partial charge >= 0.3 is 0 Å². The number of hydrogen-bond donors (Lipinski definition) is 1. The Hall–Kier alpha value is -3.79. The average Bonchev–Trinajstić information content (AvgIpc) is 3.28. The van der Waals surface area contributed by atoms with E-state index in [2.05, 4.69) is 35.2 Å². The van der Waals surface area contributed by atoms with Crippen LogP contribution in [-0.4, -0.2) is 18.0 Å². The van der Waals surface area contributed by atoms with E-state index < -0.39 is 11.3 Å². The summed E-state index contributed by atoms with van der Waals surface area (Å²) in [7, 11) is 0. The first-order valence-corrected chi connectivity index (χ1v) is 9.36. The van der Waals surface area contributed by atoms with Gasteiger partial charge in [0, 0.05) is 31.5 Å². The lowest BCUT2D eigenvalue weighted by molar-refractivity contribution is 0.200. The lowest BCUT2D eigenvalue weighted by atomic mass is 9.58. The monoisotopic (exact) mass is 381 g/mol. The first-order chi connectivity index (χ1) is 14.1. The molecule has 0 amide bonds. The summed E-state index contributed by atoms with van der Waals surface area (Å²) in [6, 6.07) is 18.3. The zero-order valence-corrected chi connectivity index (χ0v) is 15.7. The predicted molar refractivity (Wildman–Crippen MR) is 105 cm³/mol. The first kappa shape index (κ1) is 18.6. The highest BCUT2D eigenvalue weighted by atomic mass is 16.3. The number of allylic oxidation sites excluding steroid dienone is 2. The molecule has 0 bridgehead atoms. The van der Waals surface area contributed by atoms with E-state index in [0.717, 1.165) is 17.7 Å². The SMILES string of the molecule is N#CC1=C(N)C(C#N)(C#N)[C@@H](c2ccoc2)[C@@H]2CN(Cc3ccccc3)CC=C12. The van der Waals surface area contributed by atoms with Gasteiger partial charge in [-0.15, -0.1) is 0 Å². The summed E-state index contributed by atoms with van der Waals surface area (Å²) in [4.78, 5) is 2.26. The fourth-order valence-corrected chi connectivity index (χ4v) is 4.54. The van der Waals surface area contributed by atoms with Crippen molar-refractivity contribution < 1.29 is 4.42 Å². The Labute approximate surface area is 169 Å². The summed E-state index contributed by atoms with van der Waals surface area (Å²) >= 11 is 0. The lowest BCUT2D eigenvalue weighted by Crippen LogP contribution is -2.47. The van der Waals surface area contributed by atoms with E-state index in [0.29, 0.717) is 13.1 Å². The molecule has 4 rings (SSSR count). The fraction of sp³-hybridized carbons (Fsp3) is 0.261. The zero-order chi connectivity index (χ0) is 20.4. The van der Waals surface area contributed by atoms with Gasteiger partial charge in [-0.25, -0.2) is 0 Å². The molecule has 0 saturated carbocycles. The molecule has 2 aromatic rings. The van der Waals surface area contributed by atoms with Gasteiger partial charge in [-0.2, -0.15) is 15.8 Å². The molecule has 1 aromatic carbocycles. The molecule has 2 heterocycles. The molecule has 1 aromatic heterocycles. The first-order valence-electron chi connectivity index (χ1n) is 9.36. The van der Waals surface area contributed by atoms with E-state index in [1.807, 2.05) is 24.3 Å². The number of hydrogen-bond acceptors (Lipinski definition) is 6. The molecular weight excluding hydrogens is 362 g/mol. The van der Waals surface area contributed by atoms with Crippen LogP contribution in [0.3, 0.4) is 0 Å². The van der Waals surface area contributed by atoms with E-state index in [-0.39, 0.29) is 17.2 Å². The fourth-order valence-electron chi connectivity index (χ4n) is 4.54. The van der Waals surface area contributed by atoms with Gasteiger partial charge in [0.2, 0.25) is 0 Å². The van der Waals surface area contributed by atoms with Gasteiger partial charge in [-0.3, -0.25) is 4.90 Å². The summed E-state index contributed by atoms with van der Waals surface area (Å²) in [5.74, 6) is -0.732. The van der Waals surface area contributed by atoms with E-state index in [4.69, 9.17) is 10.2 Å². The van der Waals surface area contributed by atoms with Gasteiger partial charge in [0.25, 0.3) is 0 Å². The minimum atomic E-state index is -1.62. The third-order valence-electron chi connectivity index (χ3n) is 5.89. The van der Waals surface area contributed by atoms with Crippen molar-refractivity contribution in [1.82, 2.24) is 4.90 Å². The lowest BCUT2D eigenvalue weighted by Gasteiger charge is -2.45. The standard InChI is InChI=1S/C23H19N5O/c24-10-19-18-6-8-28(11-16-4-2-1-3-5-16)12-20(18)21(17-7-9-29-13-17)23(14-25,15-26)22(19)27/h1-7,9,13,20-21H,8,11-12,27H2/t20-,21+/m1/s1. The quantitative estimate of drug-likeness (QED) is 0.873. The van der Waals surface area contributed by atoms with Crippen molar-refractivity contribution in [1.29, 1.82) is 15.8 Å². The molecule has 29 heavy (non-hydrogen) atoms. The normalized spacial score (nSPS) is 23.3. The highest BCUT2D eigenvalue weighted by Crippen LogP contribution is 2.54. The molecule has 1 aliphatic heterocycles. The summed E-state index contributed by atoms with van der Waals surface area (Å²) in [5.41, 5.74) is 7.70. The van der Waals surface area contributed by atoms with Crippen LogP contribution in [0.15, 0.2) is 76.3 Å². The number of benzene rings is 1. The van der Waals surface area contributed by atoms with Crippen LogP contribution in [0.4, 0.5) is 0 Å². The largest absolute Gasteiger partial charge is 0.472 e. The minimum absolute atomic E-state index is 0.0372. The highest BCUT2D eigenvalue weighted by Gasteiger charge is 2.54. The van der Waals surface area contributed by atoms with Crippen LogP contribution < -0.4 is 5.73 Å². The molecule has 0 saturated heterocycles. The number of furan rings is 1. The molecule has 0 fully saturated rings. The summed E-state index contributed by atoms with van der Waals surface area (Å²) in [6.07, 6.45) is 5.10. The number of nitrogens with zero attached hydrogens (tertiary/aromatic N) is 4. The maximum Gasteiger partial charge on any atom is 0.191 e. The maximum atomic E-state index is 10.0. The Morgan fingerprint density at radius 1 is 1.14 bits per heavy atom. The number of nitrogens with two attached hydrogens (primary N) is 1. The molecule has 0 radical (unpaired) electrons. The van der Waals surface area contributed by atoms with Crippen molar-refractivity contribution in [3.63, 3.8) is 0 Å². The molecular formula is C23H19N5O. The third kappa shape index (κ3) is 2.90. The molecule has 142 valence electrons. The zero-order valence-electron chi connectivity index (χ0n) is 15.7. The van der Waals surface area contributed by atoms with E-state index >= 15 is 0 Å². The van der Waals surface area contributed by atoms with Crippen LogP contribution in [0.2, 0.25) is 0 Å². The van der Waals surface area contributed by atoms with Gasteiger partial charge in [-0.05, 0) is 22.8 Å². The van der Waals surface area contributed by atoms with Crippen molar-refractivity contribution in [3.05, 3.63) is 83.0 Å². The van der Waals surface area contributed by atoms with Crippen molar-refractivity contribution in [2.24, 2.45) is 17.1 Å². The number of fused-ring (bicyclic) bond motifs is 1. The van der Waals surface area contributed by atoms with Crippen molar-refractivity contribution >= 4 is 0 Å². The van der Waals surface area contributed by atoms with Crippen LogP contribution in [0.1, 0.15) is 17.0 Å². The van der Waals surface area contributed by atoms with Crippen molar-refractivity contribution in [2.45, 2.75) is 12.5 Å². The Morgan fingerprint density at radius 3 is 2.52 bits per heavy atom. The second-order valence-electron chi connectivity index (χ2n) is 7.41. The smallest absolute Gasteiger partial charge is 0.191 e. The molecule has 6 heteroatoms. The van der Waals surface area contributed by atoms with Crippen LogP contribution in [0.5, 0.6) is 0 Å². The van der Waals surface area contributed by atoms with Crippen LogP contribution in [-0.2, 0) is 6.54 Å². The van der Waals surface area contributed by atoms with Crippen LogP contribution in [0.25, 0.3) is 0 Å². The van der Waals surface area contributed by atoms with E-state index in [9.17, 15) is 15.8 Å². The summed E-state index contributed by atoms with van der Waals surface area (Å²) < 4.78 is 5.27. The van der Waals surface area contributed by atoms with Crippen LogP contribution >= 0.6 is 0 Å². The van der Waals surface area contributed by atoms with Gasteiger partial charge in [-0.1, -0.05) is 36.4 Å². The number of rotatable bonds is 3. The van der Waals surface area contributed by atoms with Gasteiger partial charge in [0.15, 0.2) is 5.41 Å². The Bertz CT molecular complexity index is 1080. The molecule has 2 aliphatic rings. The maximum absolute atomic E-state index is 10.0. The number of nitriles is 3. The summed E-state index contributed by atoms with van der Waals surface area (Å²) in [6.45, 7) is 2.02. The molecule has 0 unspecified atom stereocenters. The van der Waals surface area contributed by atoms with Crippen molar-refractivity contribution in [2.75, 3.05) is 13.1 Å². The summed E-state index contributed by atoms with van der Waals surface area (Å²) in [5, 5.41) is 29.8. The average molecular weight is 381 g/mol. The van der Waals surface area contributed by atoms with Crippen molar-refractivity contribution in [3.8, 4) is 18.2 Å². The Morgan fingerprint density at radius 2 is 1.90 bits per heavy atom. The predicted octanol–water partition coefficient (Wildman–Crippen LogP) is 3.21. The Balaban J connectivity index is 1.82.